The molecule has 1 aromatic carbocycles. The molecule has 1 aliphatic rings. The molecule has 1 fully saturated rings. The largest absolute Gasteiger partial charge is 0.489 e. The third-order valence-electron chi connectivity index (χ3n) is 4.12. The van der Waals surface area contributed by atoms with E-state index in [-0.39, 0.29) is 17.9 Å². The molecule has 0 bridgehead atoms. The number of nitrogens with one attached hydrogen (secondary N) is 2. The fourth-order valence-electron chi connectivity index (χ4n) is 2.76. The van der Waals surface area contributed by atoms with Crippen molar-refractivity contribution in [2.75, 3.05) is 26.7 Å². The Hall–Kier alpha value is -2.57. The first-order valence-corrected chi connectivity index (χ1v) is 9.00. The summed E-state index contributed by atoms with van der Waals surface area (Å²) in [4.78, 5) is 29.0. The van der Waals surface area contributed by atoms with Crippen molar-refractivity contribution >= 4 is 17.8 Å². The summed E-state index contributed by atoms with van der Waals surface area (Å²) >= 11 is 0. The summed E-state index contributed by atoms with van der Waals surface area (Å²) in [6, 6.07) is 7.92. The maximum atomic E-state index is 11.8. The van der Waals surface area contributed by atoms with Gasteiger partial charge in [0.1, 0.15) is 11.9 Å². The topological polar surface area (TPSA) is 83.0 Å². The predicted octanol–water partition coefficient (Wildman–Crippen LogP) is 1.47. The summed E-state index contributed by atoms with van der Waals surface area (Å²) in [6.45, 7) is 5.40. The van der Waals surface area contributed by atoms with E-state index < -0.39 is 0 Å². The van der Waals surface area contributed by atoms with Gasteiger partial charge in [-0.25, -0.2) is 0 Å². The van der Waals surface area contributed by atoms with E-state index in [2.05, 4.69) is 15.6 Å². The van der Waals surface area contributed by atoms with E-state index >= 15 is 0 Å². The minimum Gasteiger partial charge on any atom is -0.489 e. The molecule has 1 unspecified atom stereocenters. The van der Waals surface area contributed by atoms with E-state index in [1.54, 1.807) is 7.05 Å². The number of rotatable bonds is 7. The van der Waals surface area contributed by atoms with Gasteiger partial charge in [-0.2, -0.15) is 0 Å². The molecule has 1 aliphatic heterocycles. The van der Waals surface area contributed by atoms with Gasteiger partial charge in [-0.3, -0.25) is 19.5 Å². The van der Waals surface area contributed by atoms with Crippen LogP contribution in [-0.2, 0) is 9.59 Å². The van der Waals surface area contributed by atoms with Crippen LogP contribution >= 0.6 is 0 Å². The number of aryl methyl sites for hydroxylation is 1. The molecular formula is C19H28N4O3. The molecule has 7 nitrogen and oxygen atoms in total. The summed E-state index contributed by atoms with van der Waals surface area (Å²) in [5.41, 5.74) is 1.15. The Bertz CT molecular complexity index is 644. The lowest BCUT2D eigenvalue weighted by atomic mass is 10.1. The molecule has 0 aliphatic carbocycles. The first kappa shape index (κ1) is 19.8. The molecule has 1 aromatic rings. The van der Waals surface area contributed by atoms with E-state index in [1.165, 1.54) is 4.90 Å². The molecular weight excluding hydrogens is 332 g/mol. The van der Waals surface area contributed by atoms with E-state index in [0.717, 1.165) is 11.3 Å². The maximum Gasteiger partial charge on any atom is 0.229 e. The molecule has 1 saturated heterocycles. The number of carbonyl (C=O) groups excluding carboxylic acids is 2. The molecule has 7 heteroatoms. The van der Waals surface area contributed by atoms with E-state index in [9.17, 15) is 9.59 Å². The van der Waals surface area contributed by atoms with E-state index in [4.69, 9.17) is 4.74 Å². The summed E-state index contributed by atoms with van der Waals surface area (Å²) in [5, 5.41) is 6.31. The second kappa shape index (κ2) is 9.79. The lowest BCUT2D eigenvalue weighted by Gasteiger charge is -2.25. The zero-order chi connectivity index (χ0) is 18.9. The molecule has 2 amide bonds. The van der Waals surface area contributed by atoms with Crippen molar-refractivity contribution in [2.24, 2.45) is 4.99 Å². The molecule has 0 spiro atoms. The normalized spacial score (nSPS) is 16.4. The highest BCUT2D eigenvalue weighted by Crippen LogP contribution is 2.14. The monoisotopic (exact) mass is 360 g/mol. The standard InChI is InChI=1S/C19H28N4O3/c1-14-6-4-7-16(12-14)26-15(2)13-22-19(20-3)21-10-11-23-17(24)8-5-9-18(23)25/h4,6-7,12,15H,5,8-11,13H2,1-3H3,(H2,20,21,22). The number of nitrogens with zero attached hydrogens (tertiary/aromatic N) is 2. The van der Waals surface area contributed by atoms with Crippen LogP contribution < -0.4 is 15.4 Å². The van der Waals surface area contributed by atoms with Crippen LogP contribution in [0.4, 0.5) is 0 Å². The molecule has 0 aromatic heterocycles. The lowest BCUT2D eigenvalue weighted by Crippen LogP contribution is -2.47. The van der Waals surface area contributed by atoms with Crippen molar-refractivity contribution in [3.8, 4) is 5.75 Å². The minimum absolute atomic E-state index is 0.0411. The van der Waals surface area contributed by atoms with Crippen LogP contribution in [0.25, 0.3) is 0 Å². The number of guanidine groups is 1. The van der Waals surface area contributed by atoms with Gasteiger partial charge >= 0.3 is 0 Å². The summed E-state index contributed by atoms with van der Waals surface area (Å²) in [6.07, 6.45) is 1.52. The van der Waals surface area contributed by atoms with Crippen LogP contribution in [0.1, 0.15) is 31.7 Å². The SMILES string of the molecule is CN=C(NCCN1C(=O)CCCC1=O)NCC(C)Oc1cccc(C)c1. The van der Waals surface area contributed by atoms with Crippen LogP contribution in [-0.4, -0.2) is 55.5 Å². The quantitative estimate of drug-likeness (QED) is 0.437. The number of carbonyl (C=O) groups is 2. The lowest BCUT2D eigenvalue weighted by molar-refractivity contribution is -0.147. The fraction of sp³-hybridized carbons (Fsp3) is 0.526. The Kier molecular flexibility index (Phi) is 7.44. The second-order valence-corrected chi connectivity index (χ2v) is 6.42. The van der Waals surface area contributed by atoms with Crippen molar-refractivity contribution in [2.45, 2.75) is 39.2 Å². The Balaban J connectivity index is 1.71. The third-order valence-corrected chi connectivity index (χ3v) is 4.12. The number of benzene rings is 1. The highest BCUT2D eigenvalue weighted by atomic mass is 16.5. The molecule has 0 radical (unpaired) electrons. The number of imide groups is 1. The number of ether oxygens (including phenoxy) is 1. The van der Waals surface area contributed by atoms with Crippen LogP contribution in [0, 0.1) is 6.92 Å². The Morgan fingerprint density at radius 1 is 1.27 bits per heavy atom. The van der Waals surface area contributed by atoms with Gasteiger partial charge in [0.05, 0.1) is 6.54 Å². The summed E-state index contributed by atoms with van der Waals surface area (Å²) in [7, 11) is 1.68. The third kappa shape index (κ3) is 6.06. The summed E-state index contributed by atoms with van der Waals surface area (Å²) < 4.78 is 5.88. The number of amides is 2. The number of piperidine rings is 1. The first-order valence-electron chi connectivity index (χ1n) is 9.00. The average Bonchev–Trinajstić information content (AvgIpc) is 2.60. The van der Waals surface area contributed by atoms with Crippen molar-refractivity contribution in [3.63, 3.8) is 0 Å². The van der Waals surface area contributed by atoms with E-state index in [1.807, 2.05) is 38.1 Å². The minimum atomic E-state index is -0.0915. The van der Waals surface area contributed by atoms with Crippen molar-refractivity contribution in [1.82, 2.24) is 15.5 Å². The zero-order valence-electron chi connectivity index (χ0n) is 15.7. The number of likely N-dealkylation sites (tertiary alicyclic amines) is 1. The first-order chi connectivity index (χ1) is 12.5. The van der Waals surface area contributed by atoms with Gasteiger partial charge in [0.2, 0.25) is 11.8 Å². The van der Waals surface area contributed by atoms with Gasteiger partial charge in [0, 0.05) is 33.0 Å². The van der Waals surface area contributed by atoms with Crippen molar-refractivity contribution in [1.29, 1.82) is 0 Å². The number of hydrogen-bond acceptors (Lipinski definition) is 4. The predicted molar refractivity (Wildman–Crippen MR) is 101 cm³/mol. The van der Waals surface area contributed by atoms with Gasteiger partial charge in [0.25, 0.3) is 0 Å². The Labute approximate surface area is 154 Å². The van der Waals surface area contributed by atoms with Gasteiger partial charge in [-0.1, -0.05) is 12.1 Å². The van der Waals surface area contributed by atoms with Crippen LogP contribution in [0.15, 0.2) is 29.3 Å². The zero-order valence-corrected chi connectivity index (χ0v) is 15.7. The molecule has 26 heavy (non-hydrogen) atoms. The van der Waals surface area contributed by atoms with Crippen LogP contribution in [0.3, 0.4) is 0 Å². The van der Waals surface area contributed by atoms with Gasteiger partial charge in [-0.15, -0.1) is 0 Å². The highest BCUT2D eigenvalue weighted by molar-refractivity contribution is 5.97. The highest BCUT2D eigenvalue weighted by Gasteiger charge is 2.25. The van der Waals surface area contributed by atoms with Crippen LogP contribution in [0.2, 0.25) is 0 Å². The van der Waals surface area contributed by atoms with Gasteiger partial charge < -0.3 is 15.4 Å². The molecule has 0 saturated carbocycles. The molecule has 1 atom stereocenters. The number of hydrogen-bond donors (Lipinski definition) is 2. The molecule has 142 valence electrons. The smallest absolute Gasteiger partial charge is 0.229 e. The molecule has 1 heterocycles. The number of aliphatic imine (C=N–C) groups is 1. The Morgan fingerprint density at radius 2 is 2.00 bits per heavy atom. The van der Waals surface area contributed by atoms with E-state index in [0.29, 0.717) is 44.9 Å². The van der Waals surface area contributed by atoms with Gasteiger partial charge in [-0.05, 0) is 38.0 Å². The Morgan fingerprint density at radius 3 is 2.65 bits per heavy atom. The fourth-order valence-corrected chi connectivity index (χ4v) is 2.76. The molecule has 2 N–H and O–H groups in total. The average molecular weight is 360 g/mol. The molecule has 2 rings (SSSR count). The van der Waals surface area contributed by atoms with Crippen molar-refractivity contribution < 1.29 is 14.3 Å². The second-order valence-electron chi connectivity index (χ2n) is 6.42. The van der Waals surface area contributed by atoms with Crippen molar-refractivity contribution in [3.05, 3.63) is 29.8 Å². The maximum absolute atomic E-state index is 11.8. The summed E-state index contributed by atoms with van der Waals surface area (Å²) in [5.74, 6) is 1.27. The van der Waals surface area contributed by atoms with Crippen LogP contribution in [0.5, 0.6) is 5.75 Å². The van der Waals surface area contributed by atoms with Gasteiger partial charge in [0.15, 0.2) is 5.96 Å².